The quantitative estimate of drug-likeness (QED) is 0.306. The third-order valence-electron chi connectivity index (χ3n) is 3.33. The number of hydrogen-bond acceptors (Lipinski definition) is 4. The van der Waals surface area contributed by atoms with Crippen molar-refractivity contribution in [3.63, 3.8) is 0 Å². The fourth-order valence-electron chi connectivity index (χ4n) is 2.16. The van der Waals surface area contributed by atoms with E-state index < -0.39 is 0 Å². The van der Waals surface area contributed by atoms with E-state index in [1.807, 2.05) is 0 Å². The molecule has 0 radical (unpaired) electrons. The molecule has 7 heteroatoms. The van der Waals surface area contributed by atoms with E-state index >= 15 is 0 Å². The van der Waals surface area contributed by atoms with E-state index in [1.165, 1.54) is 0 Å². The minimum atomic E-state index is -0.122. The summed E-state index contributed by atoms with van der Waals surface area (Å²) in [6.07, 6.45) is 0.990. The second-order valence-electron chi connectivity index (χ2n) is 4.88. The molecule has 0 aliphatic carbocycles. The van der Waals surface area contributed by atoms with Crippen LogP contribution in [0.15, 0.2) is 29.4 Å². The van der Waals surface area contributed by atoms with E-state index in [9.17, 15) is 9.59 Å². The molecule has 0 atom stereocenters. The Bertz CT molecular complexity index is 554. The van der Waals surface area contributed by atoms with Crippen LogP contribution in [0.2, 0.25) is 0 Å². The number of hydrogen-bond donors (Lipinski definition) is 3. The first-order chi connectivity index (χ1) is 10.1. The summed E-state index contributed by atoms with van der Waals surface area (Å²) in [5.41, 5.74) is 6.88. The number of benzene rings is 1. The number of nitrogens with one attached hydrogen (secondary N) is 1. The van der Waals surface area contributed by atoms with Crippen LogP contribution in [0.1, 0.15) is 17.5 Å². The topological polar surface area (TPSA) is 108 Å². The van der Waals surface area contributed by atoms with Crippen LogP contribution in [0.25, 0.3) is 0 Å². The summed E-state index contributed by atoms with van der Waals surface area (Å²) in [6, 6.07) is 6.88. The lowest BCUT2D eigenvalue weighted by Crippen LogP contribution is -2.38. The Morgan fingerprint density at radius 3 is 2.76 bits per heavy atom. The molecule has 2 rings (SSSR count). The maximum absolute atomic E-state index is 12.2. The first-order valence-electron chi connectivity index (χ1n) is 6.71. The molecule has 1 aromatic carbocycles. The van der Waals surface area contributed by atoms with Crippen LogP contribution in [0, 0.1) is 0 Å². The van der Waals surface area contributed by atoms with Crippen LogP contribution < -0.4 is 11.1 Å². The van der Waals surface area contributed by atoms with Crippen molar-refractivity contribution < 1.29 is 14.8 Å². The van der Waals surface area contributed by atoms with Crippen molar-refractivity contribution in [1.82, 2.24) is 10.2 Å². The van der Waals surface area contributed by atoms with Crippen LogP contribution >= 0.6 is 0 Å². The summed E-state index contributed by atoms with van der Waals surface area (Å²) in [4.78, 5) is 25.2. The van der Waals surface area contributed by atoms with E-state index in [4.69, 9.17) is 10.9 Å². The molecular formula is C14H18N4O3. The molecule has 1 aliphatic heterocycles. The molecule has 0 bridgehead atoms. The summed E-state index contributed by atoms with van der Waals surface area (Å²) in [7, 11) is 0. The van der Waals surface area contributed by atoms with E-state index in [2.05, 4.69) is 10.5 Å². The summed E-state index contributed by atoms with van der Waals surface area (Å²) in [5.74, 6) is -0.177. The predicted octanol–water partition coefficient (Wildman–Crippen LogP) is -0.328. The zero-order valence-electron chi connectivity index (χ0n) is 11.6. The van der Waals surface area contributed by atoms with Gasteiger partial charge in [-0.15, -0.1) is 0 Å². The second kappa shape index (κ2) is 6.74. The molecule has 2 amide bonds. The first-order valence-corrected chi connectivity index (χ1v) is 6.71. The minimum absolute atomic E-state index is 0.0251. The highest BCUT2D eigenvalue weighted by Crippen LogP contribution is 2.08. The molecule has 112 valence electrons. The number of nitrogens with zero attached hydrogens (tertiary/aromatic N) is 2. The van der Waals surface area contributed by atoms with Crippen molar-refractivity contribution in [1.29, 1.82) is 0 Å². The van der Waals surface area contributed by atoms with Crippen molar-refractivity contribution >= 4 is 17.6 Å². The van der Waals surface area contributed by atoms with Crippen LogP contribution in [0.5, 0.6) is 0 Å². The Kier molecular flexibility index (Phi) is 4.76. The lowest BCUT2D eigenvalue weighted by atomic mass is 10.1. The lowest BCUT2D eigenvalue weighted by Gasteiger charge is -2.19. The molecule has 21 heavy (non-hydrogen) atoms. The van der Waals surface area contributed by atoms with E-state index in [0.717, 1.165) is 12.0 Å². The third-order valence-corrected chi connectivity index (χ3v) is 3.33. The van der Waals surface area contributed by atoms with Crippen molar-refractivity contribution in [2.24, 2.45) is 10.9 Å². The van der Waals surface area contributed by atoms with Gasteiger partial charge in [0.1, 0.15) is 0 Å². The normalized spacial score (nSPS) is 16.3. The molecule has 1 fully saturated rings. The van der Waals surface area contributed by atoms with E-state index in [0.29, 0.717) is 18.7 Å². The lowest BCUT2D eigenvalue weighted by molar-refractivity contribution is -0.134. The van der Waals surface area contributed by atoms with Gasteiger partial charge in [-0.25, -0.2) is 0 Å². The molecule has 1 heterocycles. The standard InChI is InChI=1S/C14H18N4O3/c15-14(17-21)11-4-2-10(3-5-11)8-13(20)18-7-1-6-16-12(19)9-18/h2-5,21H,1,6-9H2,(H2,15,17)(H,16,19). The van der Waals surface area contributed by atoms with Gasteiger partial charge in [-0.05, 0) is 12.0 Å². The molecule has 1 aliphatic rings. The number of oxime groups is 1. The molecule has 0 saturated carbocycles. The fourth-order valence-corrected chi connectivity index (χ4v) is 2.16. The minimum Gasteiger partial charge on any atom is -0.409 e. The number of amidine groups is 1. The first kappa shape index (κ1) is 14.8. The molecule has 1 saturated heterocycles. The average molecular weight is 290 g/mol. The summed E-state index contributed by atoms with van der Waals surface area (Å²) < 4.78 is 0. The molecule has 7 nitrogen and oxygen atoms in total. The molecule has 0 aromatic heterocycles. The Morgan fingerprint density at radius 1 is 1.38 bits per heavy atom. The Labute approximate surface area is 122 Å². The van der Waals surface area contributed by atoms with Gasteiger partial charge in [-0.2, -0.15) is 0 Å². The maximum atomic E-state index is 12.2. The SMILES string of the molecule is NC(=NO)c1ccc(CC(=O)N2CCCNC(=O)C2)cc1. The smallest absolute Gasteiger partial charge is 0.239 e. The zero-order valence-corrected chi connectivity index (χ0v) is 11.6. The highest BCUT2D eigenvalue weighted by molar-refractivity contribution is 5.97. The van der Waals surface area contributed by atoms with Gasteiger partial charge in [-0.1, -0.05) is 29.4 Å². The Balaban J connectivity index is 2.00. The third kappa shape index (κ3) is 3.95. The van der Waals surface area contributed by atoms with Crippen molar-refractivity contribution in [2.45, 2.75) is 12.8 Å². The molecular weight excluding hydrogens is 272 g/mol. The highest BCUT2D eigenvalue weighted by atomic mass is 16.4. The van der Waals surface area contributed by atoms with Crippen molar-refractivity contribution in [3.05, 3.63) is 35.4 Å². The van der Waals surface area contributed by atoms with Gasteiger partial charge in [0.25, 0.3) is 0 Å². The van der Waals surface area contributed by atoms with Crippen LogP contribution in [0.3, 0.4) is 0 Å². The molecule has 4 N–H and O–H groups in total. The maximum Gasteiger partial charge on any atom is 0.239 e. The van der Waals surface area contributed by atoms with Crippen LogP contribution in [-0.2, 0) is 16.0 Å². The van der Waals surface area contributed by atoms with Gasteiger partial charge in [0, 0.05) is 18.7 Å². The largest absolute Gasteiger partial charge is 0.409 e. The van der Waals surface area contributed by atoms with Crippen molar-refractivity contribution in [2.75, 3.05) is 19.6 Å². The molecule has 0 spiro atoms. The number of amides is 2. The number of carbonyl (C=O) groups is 2. The monoisotopic (exact) mass is 290 g/mol. The van der Waals surface area contributed by atoms with E-state index in [-0.39, 0.29) is 30.6 Å². The number of carbonyl (C=O) groups excluding carboxylic acids is 2. The van der Waals surface area contributed by atoms with Crippen molar-refractivity contribution in [3.8, 4) is 0 Å². The van der Waals surface area contributed by atoms with Crippen LogP contribution in [0.4, 0.5) is 0 Å². The summed E-state index contributed by atoms with van der Waals surface area (Å²) in [6.45, 7) is 1.30. The second-order valence-corrected chi connectivity index (χ2v) is 4.88. The summed E-state index contributed by atoms with van der Waals surface area (Å²) >= 11 is 0. The van der Waals surface area contributed by atoms with Gasteiger partial charge < -0.3 is 21.2 Å². The Morgan fingerprint density at radius 2 is 2.10 bits per heavy atom. The van der Waals surface area contributed by atoms with E-state index in [1.54, 1.807) is 29.2 Å². The number of nitrogens with two attached hydrogens (primary N) is 1. The highest BCUT2D eigenvalue weighted by Gasteiger charge is 2.19. The van der Waals surface area contributed by atoms with Gasteiger partial charge in [0.05, 0.1) is 13.0 Å². The number of rotatable bonds is 3. The fraction of sp³-hybridized carbons (Fsp3) is 0.357. The summed E-state index contributed by atoms with van der Waals surface area (Å²) in [5, 5.41) is 14.2. The molecule has 0 unspecified atom stereocenters. The van der Waals surface area contributed by atoms with Gasteiger partial charge in [0.2, 0.25) is 11.8 Å². The average Bonchev–Trinajstić information content (AvgIpc) is 2.72. The zero-order chi connectivity index (χ0) is 15.2. The Hall–Kier alpha value is -2.57. The van der Waals surface area contributed by atoms with Gasteiger partial charge in [0.15, 0.2) is 5.84 Å². The van der Waals surface area contributed by atoms with Crippen LogP contribution in [-0.4, -0.2) is 47.4 Å². The van der Waals surface area contributed by atoms with Gasteiger partial charge >= 0.3 is 0 Å². The molecule has 1 aromatic rings. The predicted molar refractivity (Wildman–Crippen MR) is 76.9 cm³/mol. The van der Waals surface area contributed by atoms with Gasteiger partial charge in [-0.3, -0.25) is 9.59 Å².